The summed E-state index contributed by atoms with van der Waals surface area (Å²) in [7, 11) is 3.16. The number of methoxy groups -OCH3 is 2. The predicted molar refractivity (Wildman–Crippen MR) is 101 cm³/mol. The largest absolute Gasteiger partial charge is 0.493 e. The van der Waals surface area contributed by atoms with E-state index in [-0.39, 0.29) is 18.0 Å². The highest BCUT2D eigenvalue weighted by molar-refractivity contribution is 7.13. The lowest BCUT2D eigenvalue weighted by molar-refractivity contribution is 0.101. The molecule has 7 heteroatoms. The van der Waals surface area contributed by atoms with Gasteiger partial charge in [-0.1, -0.05) is 6.07 Å². The highest BCUT2D eigenvalue weighted by atomic mass is 32.1. The third kappa shape index (κ3) is 4.09. The monoisotopic (exact) mass is 387 g/mol. The highest BCUT2D eigenvalue weighted by Crippen LogP contribution is 2.39. The van der Waals surface area contributed by atoms with Crippen molar-refractivity contribution >= 4 is 17.1 Å². The Morgan fingerprint density at radius 1 is 1.19 bits per heavy atom. The fourth-order valence-corrected chi connectivity index (χ4v) is 3.41. The molecule has 1 heterocycles. The molecule has 0 saturated carbocycles. The van der Waals surface area contributed by atoms with Crippen molar-refractivity contribution < 1.29 is 23.4 Å². The summed E-state index contributed by atoms with van der Waals surface area (Å²) in [6.07, 6.45) is 0. The van der Waals surface area contributed by atoms with Gasteiger partial charge >= 0.3 is 0 Å². The summed E-state index contributed by atoms with van der Waals surface area (Å²) in [5, 5.41) is 2.64. The Morgan fingerprint density at radius 2 is 2.00 bits per heavy atom. The molecule has 0 bridgehead atoms. The molecule has 3 rings (SSSR count). The molecule has 3 aromatic rings. The number of ketones is 1. The van der Waals surface area contributed by atoms with Crippen LogP contribution in [0.2, 0.25) is 0 Å². The summed E-state index contributed by atoms with van der Waals surface area (Å²) in [4.78, 5) is 15.8. The van der Waals surface area contributed by atoms with E-state index < -0.39 is 5.82 Å². The number of aromatic nitrogens is 1. The second kappa shape index (κ2) is 8.18. The number of Topliss-reactive ketones (excluding diaryl/α,β-unsaturated/α-hetero) is 1. The summed E-state index contributed by atoms with van der Waals surface area (Å²) >= 11 is 1.45. The van der Waals surface area contributed by atoms with Crippen LogP contribution in [0.3, 0.4) is 0 Å². The van der Waals surface area contributed by atoms with Gasteiger partial charge in [-0.2, -0.15) is 0 Å². The summed E-state index contributed by atoms with van der Waals surface area (Å²) in [6.45, 7) is 1.50. The van der Waals surface area contributed by atoms with Crippen molar-refractivity contribution in [2.75, 3.05) is 14.2 Å². The molecule has 0 amide bonds. The van der Waals surface area contributed by atoms with Gasteiger partial charge in [0.05, 0.1) is 31.0 Å². The van der Waals surface area contributed by atoms with Gasteiger partial charge in [-0.25, -0.2) is 9.37 Å². The number of nitrogens with zero attached hydrogens (tertiary/aromatic N) is 1. The first kappa shape index (κ1) is 18.8. The van der Waals surface area contributed by atoms with Gasteiger partial charge in [-0.05, 0) is 31.2 Å². The van der Waals surface area contributed by atoms with E-state index in [1.807, 2.05) is 23.6 Å². The standard InChI is InChI=1S/C20H18FNO4S/c1-12(23)15-8-7-14(9-17(15)21)26-10-13-11-27-20(22-13)16-5-4-6-18(24-2)19(16)25-3/h4-9,11H,10H2,1-3H3. The average molecular weight is 387 g/mol. The Kier molecular flexibility index (Phi) is 5.71. The number of benzene rings is 2. The van der Waals surface area contributed by atoms with Crippen LogP contribution in [0.15, 0.2) is 41.8 Å². The maximum Gasteiger partial charge on any atom is 0.170 e. The van der Waals surface area contributed by atoms with Crippen LogP contribution in [-0.4, -0.2) is 25.0 Å². The van der Waals surface area contributed by atoms with E-state index in [9.17, 15) is 9.18 Å². The van der Waals surface area contributed by atoms with Crippen LogP contribution >= 0.6 is 11.3 Å². The van der Waals surface area contributed by atoms with E-state index in [0.717, 1.165) is 10.6 Å². The number of halogens is 1. The molecule has 0 fully saturated rings. The summed E-state index contributed by atoms with van der Waals surface area (Å²) < 4.78 is 30.2. The molecule has 0 aliphatic heterocycles. The third-order valence-electron chi connectivity index (χ3n) is 3.89. The minimum atomic E-state index is -0.597. The molecule has 2 aromatic carbocycles. The van der Waals surface area contributed by atoms with Gasteiger partial charge in [0.25, 0.3) is 0 Å². The van der Waals surface area contributed by atoms with Crippen molar-refractivity contribution in [3.8, 4) is 27.8 Å². The number of para-hydroxylation sites is 1. The first-order valence-corrected chi connectivity index (χ1v) is 9.00. The maximum atomic E-state index is 13.9. The van der Waals surface area contributed by atoms with Crippen molar-refractivity contribution in [1.29, 1.82) is 0 Å². The first-order valence-electron chi connectivity index (χ1n) is 8.12. The lowest BCUT2D eigenvalue weighted by Crippen LogP contribution is -2.00. The van der Waals surface area contributed by atoms with Gasteiger partial charge in [-0.3, -0.25) is 4.79 Å². The van der Waals surface area contributed by atoms with Crippen molar-refractivity contribution in [2.24, 2.45) is 0 Å². The van der Waals surface area contributed by atoms with E-state index in [2.05, 4.69) is 4.98 Å². The number of hydrogen-bond donors (Lipinski definition) is 0. The molecule has 140 valence electrons. The molecule has 0 N–H and O–H groups in total. The number of ether oxygens (including phenoxy) is 3. The van der Waals surface area contributed by atoms with Crippen molar-refractivity contribution in [3.63, 3.8) is 0 Å². The first-order chi connectivity index (χ1) is 13.0. The van der Waals surface area contributed by atoms with Gasteiger partial charge in [-0.15, -0.1) is 11.3 Å². The molecule has 0 aliphatic rings. The zero-order valence-electron chi connectivity index (χ0n) is 15.1. The second-order valence-electron chi connectivity index (χ2n) is 5.67. The number of carbonyl (C=O) groups excluding carboxylic acids is 1. The Balaban J connectivity index is 1.76. The fourth-order valence-electron chi connectivity index (χ4n) is 2.58. The molecule has 27 heavy (non-hydrogen) atoms. The van der Waals surface area contributed by atoms with Gasteiger partial charge in [0.1, 0.15) is 23.2 Å². The van der Waals surface area contributed by atoms with Crippen LogP contribution in [0.5, 0.6) is 17.2 Å². The zero-order chi connectivity index (χ0) is 19.4. The molecule has 0 spiro atoms. The summed E-state index contributed by atoms with van der Waals surface area (Å²) in [6, 6.07) is 9.78. The topological polar surface area (TPSA) is 57.7 Å². The molecule has 0 unspecified atom stereocenters. The quantitative estimate of drug-likeness (QED) is 0.548. The van der Waals surface area contributed by atoms with Crippen LogP contribution in [0.1, 0.15) is 23.0 Å². The maximum absolute atomic E-state index is 13.9. The van der Waals surface area contributed by atoms with Crippen LogP contribution in [0.25, 0.3) is 10.6 Å². The number of rotatable bonds is 7. The van der Waals surface area contributed by atoms with Crippen molar-refractivity contribution in [1.82, 2.24) is 4.98 Å². The Hall–Kier alpha value is -2.93. The smallest absolute Gasteiger partial charge is 0.170 e. The molecule has 0 atom stereocenters. The number of hydrogen-bond acceptors (Lipinski definition) is 6. The molecule has 0 aliphatic carbocycles. The SMILES string of the molecule is COc1cccc(-c2nc(COc3ccc(C(C)=O)c(F)c3)cs2)c1OC. The van der Waals surface area contributed by atoms with Gasteiger partial charge in [0.15, 0.2) is 17.3 Å². The third-order valence-corrected chi connectivity index (χ3v) is 4.82. The lowest BCUT2D eigenvalue weighted by atomic mass is 10.1. The van der Waals surface area contributed by atoms with Gasteiger partial charge in [0.2, 0.25) is 0 Å². The minimum absolute atomic E-state index is 0.0448. The summed E-state index contributed by atoms with van der Waals surface area (Å²) in [5.41, 5.74) is 1.57. The predicted octanol–water partition coefficient (Wildman–Crippen LogP) is 4.75. The van der Waals surface area contributed by atoms with Crippen LogP contribution in [0, 0.1) is 5.82 Å². The van der Waals surface area contributed by atoms with Crippen LogP contribution in [0.4, 0.5) is 4.39 Å². The Morgan fingerprint density at radius 3 is 2.67 bits per heavy atom. The average Bonchev–Trinajstić information content (AvgIpc) is 3.14. The highest BCUT2D eigenvalue weighted by Gasteiger charge is 2.15. The zero-order valence-corrected chi connectivity index (χ0v) is 15.9. The van der Waals surface area contributed by atoms with Crippen LogP contribution in [-0.2, 0) is 6.61 Å². The molecule has 5 nitrogen and oxygen atoms in total. The molecular formula is C20H18FNO4S. The van der Waals surface area contributed by atoms with E-state index in [4.69, 9.17) is 14.2 Å². The fraction of sp³-hybridized carbons (Fsp3) is 0.200. The van der Waals surface area contributed by atoms with Gasteiger partial charge in [0, 0.05) is 11.4 Å². The van der Waals surface area contributed by atoms with E-state index in [1.54, 1.807) is 20.3 Å². The number of thiazole rings is 1. The Bertz CT molecular complexity index is 970. The van der Waals surface area contributed by atoms with Crippen molar-refractivity contribution in [3.05, 3.63) is 58.9 Å². The second-order valence-corrected chi connectivity index (χ2v) is 6.53. The lowest BCUT2D eigenvalue weighted by Gasteiger charge is -2.10. The van der Waals surface area contributed by atoms with Crippen LogP contribution < -0.4 is 14.2 Å². The van der Waals surface area contributed by atoms with E-state index >= 15 is 0 Å². The number of carbonyl (C=O) groups is 1. The molecule has 0 saturated heterocycles. The van der Waals surface area contributed by atoms with E-state index in [1.165, 1.54) is 30.4 Å². The molecule has 0 radical (unpaired) electrons. The minimum Gasteiger partial charge on any atom is -0.493 e. The molecule has 1 aromatic heterocycles. The summed E-state index contributed by atoms with van der Waals surface area (Å²) in [5.74, 6) is 0.661. The van der Waals surface area contributed by atoms with Crippen molar-refractivity contribution in [2.45, 2.75) is 13.5 Å². The molecular weight excluding hydrogens is 369 g/mol. The Labute approximate surface area is 160 Å². The normalized spacial score (nSPS) is 10.5. The van der Waals surface area contributed by atoms with E-state index in [0.29, 0.717) is 22.9 Å². The van der Waals surface area contributed by atoms with Gasteiger partial charge < -0.3 is 14.2 Å².